The van der Waals surface area contributed by atoms with Crippen LogP contribution in [0.25, 0.3) is 17.2 Å². The van der Waals surface area contributed by atoms with Gasteiger partial charge in [-0.15, -0.1) is 0 Å². The summed E-state index contributed by atoms with van der Waals surface area (Å²) in [7, 11) is 0. The highest BCUT2D eigenvalue weighted by Gasteiger charge is 2.34. The normalized spacial score (nSPS) is 15.4. The Bertz CT molecular complexity index is 942. The molecule has 24 heavy (non-hydrogen) atoms. The first-order valence-corrected chi connectivity index (χ1v) is 7.43. The maximum atomic E-state index is 12.4. The molecule has 0 bridgehead atoms. The molecule has 0 aromatic heterocycles. The topological polar surface area (TPSA) is 66.5 Å². The van der Waals surface area contributed by atoms with Crippen LogP contribution in [0.15, 0.2) is 60.7 Å². The van der Waals surface area contributed by atoms with E-state index in [4.69, 9.17) is 0 Å². The van der Waals surface area contributed by atoms with Crippen molar-refractivity contribution >= 4 is 34.9 Å². The summed E-state index contributed by atoms with van der Waals surface area (Å²) >= 11 is 0. The first kappa shape index (κ1) is 14.1. The Hall–Kier alpha value is -3.47. The van der Waals surface area contributed by atoms with Gasteiger partial charge in [-0.05, 0) is 22.8 Å². The SMILES string of the molecule is O=C(NN1C(=O)C=C(c2ccccc2)C1=O)C1=Cc2ccccc21. The molecular weight excluding hydrogens is 304 g/mol. The summed E-state index contributed by atoms with van der Waals surface area (Å²) in [6, 6.07) is 16.3. The summed E-state index contributed by atoms with van der Waals surface area (Å²) in [5, 5.41) is 0.756. The number of carbonyl (C=O) groups is 3. The van der Waals surface area contributed by atoms with Gasteiger partial charge in [-0.2, -0.15) is 5.01 Å². The van der Waals surface area contributed by atoms with E-state index in [9.17, 15) is 14.4 Å². The summed E-state index contributed by atoms with van der Waals surface area (Å²) in [4.78, 5) is 36.8. The molecule has 0 spiro atoms. The number of amides is 3. The Kier molecular flexibility index (Phi) is 3.13. The van der Waals surface area contributed by atoms with Crippen LogP contribution in [0.2, 0.25) is 0 Å². The second kappa shape index (κ2) is 5.31. The number of nitrogens with one attached hydrogen (secondary N) is 1. The van der Waals surface area contributed by atoms with Crippen molar-refractivity contribution in [2.24, 2.45) is 0 Å². The number of nitrogens with zero attached hydrogens (tertiary/aromatic N) is 1. The minimum Gasteiger partial charge on any atom is -0.267 e. The fraction of sp³-hybridized carbons (Fsp3) is 0. The van der Waals surface area contributed by atoms with Crippen molar-refractivity contribution in [1.82, 2.24) is 10.4 Å². The van der Waals surface area contributed by atoms with Gasteiger partial charge in [-0.1, -0.05) is 54.6 Å². The van der Waals surface area contributed by atoms with Gasteiger partial charge in [0.25, 0.3) is 17.7 Å². The molecule has 116 valence electrons. The highest BCUT2D eigenvalue weighted by molar-refractivity contribution is 6.35. The predicted octanol–water partition coefficient (Wildman–Crippen LogP) is 2.02. The molecule has 1 N–H and O–H groups in total. The van der Waals surface area contributed by atoms with Gasteiger partial charge in [-0.3, -0.25) is 19.8 Å². The van der Waals surface area contributed by atoms with Crippen LogP contribution < -0.4 is 5.43 Å². The second-order valence-corrected chi connectivity index (χ2v) is 5.49. The molecule has 2 aromatic rings. The summed E-state index contributed by atoms with van der Waals surface area (Å²) in [6.07, 6.45) is 2.96. The number of benzene rings is 2. The summed E-state index contributed by atoms with van der Waals surface area (Å²) < 4.78 is 0. The maximum absolute atomic E-state index is 12.4. The van der Waals surface area contributed by atoms with Crippen molar-refractivity contribution in [3.8, 4) is 0 Å². The van der Waals surface area contributed by atoms with Crippen molar-refractivity contribution in [3.05, 3.63) is 77.4 Å². The molecule has 0 unspecified atom stereocenters. The van der Waals surface area contributed by atoms with E-state index in [0.29, 0.717) is 11.1 Å². The number of hydrogen-bond acceptors (Lipinski definition) is 3. The van der Waals surface area contributed by atoms with E-state index >= 15 is 0 Å². The first-order chi connectivity index (χ1) is 11.6. The van der Waals surface area contributed by atoms with Crippen molar-refractivity contribution in [3.63, 3.8) is 0 Å². The number of fused-ring (bicyclic) bond motifs is 1. The van der Waals surface area contributed by atoms with Gasteiger partial charge < -0.3 is 0 Å². The number of rotatable bonds is 3. The Morgan fingerprint density at radius 1 is 0.875 bits per heavy atom. The summed E-state index contributed by atoms with van der Waals surface area (Å²) in [5.74, 6) is -1.56. The van der Waals surface area contributed by atoms with Crippen LogP contribution in [0.3, 0.4) is 0 Å². The molecule has 1 aliphatic heterocycles. The average molecular weight is 316 g/mol. The number of imide groups is 1. The fourth-order valence-electron chi connectivity index (χ4n) is 2.77. The van der Waals surface area contributed by atoms with Crippen molar-refractivity contribution in [1.29, 1.82) is 0 Å². The van der Waals surface area contributed by atoms with Crippen molar-refractivity contribution in [2.75, 3.05) is 0 Å². The molecule has 2 aromatic carbocycles. The van der Waals surface area contributed by atoms with E-state index in [2.05, 4.69) is 5.43 Å². The Morgan fingerprint density at radius 2 is 1.58 bits per heavy atom. The van der Waals surface area contributed by atoms with Crippen molar-refractivity contribution in [2.45, 2.75) is 0 Å². The van der Waals surface area contributed by atoms with Gasteiger partial charge in [-0.25, -0.2) is 0 Å². The molecule has 1 aliphatic carbocycles. The average Bonchev–Trinajstić information content (AvgIpc) is 2.85. The second-order valence-electron chi connectivity index (χ2n) is 5.49. The number of hydrogen-bond donors (Lipinski definition) is 1. The molecule has 0 atom stereocenters. The molecule has 5 nitrogen and oxygen atoms in total. The molecule has 4 rings (SSSR count). The largest absolute Gasteiger partial charge is 0.280 e. The Morgan fingerprint density at radius 3 is 2.33 bits per heavy atom. The van der Waals surface area contributed by atoms with Crippen LogP contribution in [0.1, 0.15) is 16.7 Å². The predicted molar refractivity (Wildman–Crippen MR) is 88.7 cm³/mol. The molecule has 0 fully saturated rings. The molecule has 0 saturated heterocycles. The third-order valence-electron chi connectivity index (χ3n) is 4.02. The minimum atomic E-state index is -0.555. The van der Waals surface area contributed by atoms with Gasteiger partial charge in [0.1, 0.15) is 0 Å². The third kappa shape index (κ3) is 2.14. The van der Waals surface area contributed by atoms with Gasteiger partial charge in [0.05, 0.1) is 5.57 Å². The highest BCUT2D eigenvalue weighted by atomic mass is 16.2. The molecular formula is C19H12N2O3. The van der Waals surface area contributed by atoms with Gasteiger partial charge in [0.15, 0.2) is 0 Å². The van der Waals surface area contributed by atoms with Crippen LogP contribution in [0.4, 0.5) is 0 Å². The minimum absolute atomic E-state index is 0.267. The monoisotopic (exact) mass is 316 g/mol. The quantitative estimate of drug-likeness (QED) is 0.881. The molecule has 3 amide bonds. The van der Waals surface area contributed by atoms with Crippen molar-refractivity contribution < 1.29 is 14.4 Å². The van der Waals surface area contributed by atoms with Gasteiger partial charge in [0, 0.05) is 11.6 Å². The molecule has 5 heteroatoms. The van der Waals surface area contributed by atoms with Gasteiger partial charge >= 0.3 is 0 Å². The van der Waals surface area contributed by atoms with Crippen LogP contribution in [0, 0.1) is 0 Å². The Balaban J connectivity index is 1.52. The standard InChI is InChI=1S/C19H12N2O3/c22-17-11-15(12-6-2-1-3-7-12)19(24)21(17)20-18(23)16-10-13-8-4-5-9-14(13)16/h1-11H,(H,20,23). The van der Waals surface area contributed by atoms with E-state index in [1.165, 1.54) is 6.08 Å². The number of carbonyl (C=O) groups excluding carboxylic acids is 3. The van der Waals surface area contributed by atoms with E-state index in [-0.39, 0.29) is 5.57 Å². The zero-order chi connectivity index (χ0) is 16.7. The van der Waals surface area contributed by atoms with E-state index in [1.54, 1.807) is 30.3 Å². The first-order valence-electron chi connectivity index (χ1n) is 7.43. The van der Waals surface area contributed by atoms with Gasteiger partial charge in [0.2, 0.25) is 0 Å². The zero-order valence-corrected chi connectivity index (χ0v) is 12.5. The summed E-state index contributed by atoms with van der Waals surface area (Å²) in [6.45, 7) is 0. The van der Waals surface area contributed by atoms with E-state index < -0.39 is 17.7 Å². The number of hydrazine groups is 1. The lowest BCUT2D eigenvalue weighted by Gasteiger charge is -2.22. The maximum Gasteiger partial charge on any atom is 0.280 e. The third-order valence-corrected chi connectivity index (χ3v) is 4.02. The fourth-order valence-corrected chi connectivity index (χ4v) is 2.77. The lowest BCUT2D eigenvalue weighted by Crippen LogP contribution is -2.47. The molecule has 0 radical (unpaired) electrons. The van der Waals surface area contributed by atoms with E-state index in [0.717, 1.165) is 16.1 Å². The van der Waals surface area contributed by atoms with Crippen LogP contribution >= 0.6 is 0 Å². The summed E-state index contributed by atoms with van der Waals surface area (Å²) in [5.41, 5.74) is 5.53. The smallest absolute Gasteiger partial charge is 0.267 e. The highest BCUT2D eigenvalue weighted by Crippen LogP contribution is 2.32. The van der Waals surface area contributed by atoms with Crippen LogP contribution in [0.5, 0.6) is 0 Å². The van der Waals surface area contributed by atoms with E-state index in [1.807, 2.05) is 30.3 Å². The zero-order valence-electron chi connectivity index (χ0n) is 12.5. The molecule has 2 aliphatic rings. The molecule has 1 heterocycles. The lowest BCUT2D eigenvalue weighted by atomic mass is 9.88. The Labute approximate surface area is 137 Å². The lowest BCUT2D eigenvalue weighted by molar-refractivity contribution is -0.144. The van der Waals surface area contributed by atoms with Crippen LogP contribution in [-0.2, 0) is 14.4 Å². The van der Waals surface area contributed by atoms with Crippen LogP contribution in [-0.4, -0.2) is 22.7 Å². The molecule has 0 saturated carbocycles.